The lowest BCUT2D eigenvalue weighted by Crippen LogP contribution is -2.44. The molecule has 5 nitrogen and oxygen atoms in total. The molecule has 1 aromatic carbocycles. The number of nitrogens with zero attached hydrogens (tertiary/aromatic N) is 3. The lowest BCUT2D eigenvalue weighted by molar-refractivity contribution is -0.0835. The van der Waals surface area contributed by atoms with Gasteiger partial charge in [0, 0.05) is 18.6 Å². The molecule has 0 unspecified atom stereocenters. The van der Waals surface area contributed by atoms with E-state index < -0.39 is 0 Å². The van der Waals surface area contributed by atoms with Crippen LogP contribution in [0.25, 0.3) is 0 Å². The molecule has 1 aliphatic heterocycles. The number of nitrogens with one attached hydrogen (secondary N) is 1. The average molecular weight is 312 g/mol. The van der Waals surface area contributed by atoms with Gasteiger partial charge >= 0.3 is 0 Å². The lowest BCUT2D eigenvalue weighted by Gasteiger charge is -2.45. The maximum Gasteiger partial charge on any atom is 0.225 e. The van der Waals surface area contributed by atoms with Crippen LogP contribution in [0.15, 0.2) is 43.0 Å². The first-order chi connectivity index (χ1) is 11.1. The van der Waals surface area contributed by atoms with Gasteiger partial charge in [-0.25, -0.2) is 15.0 Å². The van der Waals surface area contributed by atoms with Crippen LogP contribution in [0.2, 0.25) is 0 Å². The minimum atomic E-state index is -0.0960. The van der Waals surface area contributed by atoms with E-state index in [2.05, 4.69) is 64.4 Å². The number of ether oxygens (including phenoxy) is 1. The fraction of sp³-hybridized carbons (Fsp3) is 0.500. The minimum Gasteiger partial charge on any atom is -0.376 e. The summed E-state index contributed by atoms with van der Waals surface area (Å²) in [7, 11) is 0. The predicted octanol–water partition coefficient (Wildman–Crippen LogP) is 3.20. The molecular formula is C18H24N4O. The van der Waals surface area contributed by atoms with Crippen LogP contribution < -0.4 is 5.32 Å². The molecule has 1 saturated heterocycles. The molecule has 1 aliphatic rings. The molecule has 0 saturated carbocycles. The maximum absolute atomic E-state index is 5.95. The van der Waals surface area contributed by atoms with Crippen LogP contribution in [0, 0.1) is 0 Å². The van der Waals surface area contributed by atoms with E-state index in [4.69, 9.17) is 4.74 Å². The molecule has 23 heavy (non-hydrogen) atoms. The Kier molecular flexibility index (Phi) is 4.57. The second kappa shape index (κ2) is 6.62. The van der Waals surface area contributed by atoms with E-state index in [1.165, 1.54) is 18.2 Å². The van der Waals surface area contributed by atoms with Gasteiger partial charge in [0.2, 0.25) is 5.95 Å². The smallest absolute Gasteiger partial charge is 0.225 e. The van der Waals surface area contributed by atoms with Gasteiger partial charge in [0.25, 0.3) is 0 Å². The summed E-state index contributed by atoms with van der Waals surface area (Å²) in [4.78, 5) is 12.1. The maximum atomic E-state index is 5.95. The van der Waals surface area contributed by atoms with Crippen LogP contribution in [-0.4, -0.2) is 33.7 Å². The Morgan fingerprint density at radius 3 is 2.57 bits per heavy atom. The number of rotatable bonds is 5. The summed E-state index contributed by atoms with van der Waals surface area (Å²) in [6.45, 7) is 6.00. The van der Waals surface area contributed by atoms with Crippen molar-refractivity contribution in [3.63, 3.8) is 0 Å². The van der Waals surface area contributed by atoms with Gasteiger partial charge in [0.1, 0.15) is 12.7 Å². The molecule has 0 bridgehead atoms. The first-order valence-corrected chi connectivity index (χ1v) is 8.15. The summed E-state index contributed by atoms with van der Waals surface area (Å²) >= 11 is 0. The van der Waals surface area contributed by atoms with Gasteiger partial charge in [0.05, 0.1) is 5.60 Å². The molecule has 5 heteroatoms. The Bertz CT molecular complexity index is 617. The molecule has 1 N–H and O–H groups in total. The summed E-state index contributed by atoms with van der Waals surface area (Å²) in [6.07, 6.45) is 6.11. The first-order valence-electron chi connectivity index (χ1n) is 8.15. The van der Waals surface area contributed by atoms with Crippen molar-refractivity contribution in [3.05, 3.63) is 48.5 Å². The first kappa shape index (κ1) is 15.9. The Morgan fingerprint density at radius 1 is 1.13 bits per heavy atom. The number of hydrogen-bond acceptors (Lipinski definition) is 5. The van der Waals surface area contributed by atoms with E-state index in [0.29, 0.717) is 5.95 Å². The summed E-state index contributed by atoms with van der Waals surface area (Å²) in [5.41, 5.74) is 1.43. The van der Waals surface area contributed by atoms with Crippen molar-refractivity contribution in [1.29, 1.82) is 0 Å². The zero-order chi connectivity index (χ0) is 16.2. The third-order valence-corrected chi connectivity index (χ3v) is 4.60. The van der Waals surface area contributed by atoms with Gasteiger partial charge in [-0.2, -0.15) is 0 Å². The van der Waals surface area contributed by atoms with Gasteiger partial charge < -0.3 is 10.1 Å². The number of aromatic nitrogens is 3. The van der Waals surface area contributed by atoms with Gasteiger partial charge in [-0.05, 0) is 38.7 Å². The van der Waals surface area contributed by atoms with Gasteiger partial charge in [-0.1, -0.05) is 30.3 Å². The summed E-state index contributed by atoms with van der Waals surface area (Å²) in [5.74, 6) is 0.634. The minimum absolute atomic E-state index is 0.0960. The molecular weight excluding hydrogens is 288 g/mol. The average Bonchev–Trinajstić information content (AvgIpc) is 2.56. The summed E-state index contributed by atoms with van der Waals surface area (Å²) in [5, 5.41) is 3.31. The monoisotopic (exact) mass is 312 g/mol. The number of anilines is 1. The highest BCUT2D eigenvalue weighted by Crippen LogP contribution is 2.43. The van der Waals surface area contributed by atoms with Crippen LogP contribution in [0.5, 0.6) is 0 Å². The van der Waals surface area contributed by atoms with E-state index in [0.717, 1.165) is 32.4 Å². The van der Waals surface area contributed by atoms with Crippen molar-refractivity contribution in [2.75, 3.05) is 18.5 Å². The van der Waals surface area contributed by atoms with Crippen molar-refractivity contribution in [3.8, 4) is 0 Å². The zero-order valence-corrected chi connectivity index (χ0v) is 13.8. The molecule has 2 heterocycles. The second-order valence-electron chi connectivity index (χ2n) is 6.82. The lowest BCUT2D eigenvalue weighted by atomic mass is 9.67. The quantitative estimate of drug-likeness (QED) is 0.918. The molecule has 0 spiro atoms. The van der Waals surface area contributed by atoms with Crippen molar-refractivity contribution >= 4 is 5.95 Å². The van der Waals surface area contributed by atoms with E-state index in [-0.39, 0.29) is 11.0 Å². The van der Waals surface area contributed by atoms with Crippen LogP contribution >= 0.6 is 0 Å². The van der Waals surface area contributed by atoms with Crippen molar-refractivity contribution in [2.24, 2.45) is 0 Å². The van der Waals surface area contributed by atoms with E-state index in [1.807, 2.05) is 0 Å². The normalized spacial score (nSPS) is 23.4. The van der Waals surface area contributed by atoms with Crippen molar-refractivity contribution in [2.45, 2.75) is 44.1 Å². The third-order valence-electron chi connectivity index (χ3n) is 4.60. The molecule has 1 fully saturated rings. The molecule has 122 valence electrons. The summed E-state index contributed by atoms with van der Waals surface area (Å²) in [6, 6.07) is 10.8. The Balaban J connectivity index is 1.76. The van der Waals surface area contributed by atoms with Crippen LogP contribution in [0.3, 0.4) is 0 Å². The zero-order valence-electron chi connectivity index (χ0n) is 13.8. The molecule has 2 aromatic rings. The SMILES string of the molecule is CC1(C)C[C@@](CCNc2ncncn2)(c2ccccc2)CCO1. The fourth-order valence-electron chi connectivity index (χ4n) is 3.62. The Labute approximate surface area is 137 Å². The molecule has 3 rings (SSSR count). The van der Waals surface area contributed by atoms with E-state index in [9.17, 15) is 0 Å². The Morgan fingerprint density at radius 2 is 1.87 bits per heavy atom. The van der Waals surface area contributed by atoms with Gasteiger partial charge in [0.15, 0.2) is 0 Å². The van der Waals surface area contributed by atoms with Crippen LogP contribution in [0.4, 0.5) is 5.95 Å². The number of hydrogen-bond donors (Lipinski definition) is 1. The molecule has 0 radical (unpaired) electrons. The van der Waals surface area contributed by atoms with Crippen molar-refractivity contribution < 1.29 is 4.74 Å². The van der Waals surface area contributed by atoms with Gasteiger partial charge in [-0.3, -0.25) is 0 Å². The summed E-state index contributed by atoms with van der Waals surface area (Å²) < 4.78 is 5.95. The highest BCUT2D eigenvalue weighted by molar-refractivity contribution is 5.28. The standard InChI is InChI=1S/C18H24N4O/c1-17(2)12-18(9-11-23-17,15-6-4-3-5-7-15)8-10-20-16-21-13-19-14-22-16/h3-7,13-14H,8-12H2,1-2H3,(H,19,20,21,22)/t18-/m0/s1. The molecule has 1 atom stereocenters. The predicted molar refractivity (Wildman–Crippen MR) is 90.3 cm³/mol. The van der Waals surface area contributed by atoms with E-state index in [1.54, 1.807) is 0 Å². The van der Waals surface area contributed by atoms with E-state index >= 15 is 0 Å². The largest absolute Gasteiger partial charge is 0.376 e. The van der Waals surface area contributed by atoms with Crippen molar-refractivity contribution in [1.82, 2.24) is 15.0 Å². The fourth-order valence-corrected chi connectivity index (χ4v) is 3.62. The van der Waals surface area contributed by atoms with Crippen LogP contribution in [-0.2, 0) is 10.2 Å². The highest BCUT2D eigenvalue weighted by Gasteiger charge is 2.41. The third kappa shape index (κ3) is 3.85. The van der Waals surface area contributed by atoms with Crippen LogP contribution in [0.1, 0.15) is 38.7 Å². The molecule has 0 aliphatic carbocycles. The topological polar surface area (TPSA) is 59.9 Å². The molecule has 0 amide bonds. The Hall–Kier alpha value is -2.01. The molecule has 1 aromatic heterocycles. The highest BCUT2D eigenvalue weighted by atomic mass is 16.5. The number of benzene rings is 1. The van der Waals surface area contributed by atoms with Gasteiger partial charge in [-0.15, -0.1) is 0 Å². The second-order valence-corrected chi connectivity index (χ2v) is 6.82.